The van der Waals surface area contributed by atoms with E-state index in [0.717, 1.165) is 0 Å². The van der Waals surface area contributed by atoms with Crippen LogP contribution >= 0.6 is 0 Å². The first-order valence-electron chi connectivity index (χ1n) is 6.30. The molecule has 0 aromatic rings. The van der Waals surface area contributed by atoms with Crippen molar-refractivity contribution < 1.29 is 9.59 Å². The van der Waals surface area contributed by atoms with Gasteiger partial charge in [0.2, 0.25) is 11.8 Å². The number of likely N-dealkylation sites (N-methyl/N-ethyl adjacent to an activating group) is 1. The topological polar surface area (TPSA) is 66.6 Å². The van der Waals surface area contributed by atoms with Crippen molar-refractivity contribution in [2.75, 3.05) is 26.2 Å². The van der Waals surface area contributed by atoms with Gasteiger partial charge in [0, 0.05) is 32.1 Å². The molecule has 0 bridgehead atoms. The Hall–Kier alpha value is -1.10. The van der Waals surface area contributed by atoms with E-state index in [9.17, 15) is 9.59 Å². The van der Waals surface area contributed by atoms with Gasteiger partial charge in [-0.2, -0.15) is 0 Å². The number of rotatable bonds is 4. The molecule has 0 saturated carbocycles. The summed E-state index contributed by atoms with van der Waals surface area (Å²) in [5.41, 5.74) is 5.93. The molecular formula is C12H23N3O2. The monoisotopic (exact) mass is 241 g/mol. The van der Waals surface area contributed by atoms with Gasteiger partial charge in [-0.1, -0.05) is 6.92 Å². The second kappa shape index (κ2) is 6.00. The lowest BCUT2D eigenvalue weighted by atomic mass is 9.94. The first kappa shape index (κ1) is 14.0. The summed E-state index contributed by atoms with van der Waals surface area (Å²) in [6, 6.07) is -0.0165. The molecule has 0 aromatic heterocycles. The van der Waals surface area contributed by atoms with Gasteiger partial charge in [-0.25, -0.2) is 0 Å². The predicted octanol–water partition coefficient (Wildman–Crippen LogP) is 0.0505. The minimum absolute atomic E-state index is 0.00473. The summed E-state index contributed by atoms with van der Waals surface area (Å²) in [6.07, 6.45) is 0.451. The Morgan fingerprint density at radius 3 is 2.59 bits per heavy atom. The van der Waals surface area contributed by atoms with Crippen molar-refractivity contribution in [3.63, 3.8) is 0 Å². The van der Waals surface area contributed by atoms with Crippen LogP contribution in [0.15, 0.2) is 0 Å². The molecule has 0 aromatic carbocycles. The summed E-state index contributed by atoms with van der Waals surface area (Å²) in [6.45, 7) is 7.88. The van der Waals surface area contributed by atoms with Crippen LogP contribution < -0.4 is 5.73 Å². The van der Waals surface area contributed by atoms with Crippen molar-refractivity contribution in [1.82, 2.24) is 9.80 Å². The number of piperidine rings is 1. The zero-order valence-corrected chi connectivity index (χ0v) is 11.0. The van der Waals surface area contributed by atoms with Crippen LogP contribution in [-0.4, -0.2) is 53.8 Å². The molecule has 1 fully saturated rings. The van der Waals surface area contributed by atoms with E-state index in [1.54, 1.807) is 9.80 Å². The average Bonchev–Trinajstić information content (AvgIpc) is 2.27. The maximum absolute atomic E-state index is 11.9. The second-order valence-electron chi connectivity index (χ2n) is 4.69. The summed E-state index contributed by atoms with van der Waals surface area (Å²) in [4.78, 5) is 27.0. The fraction of sp³-hybridized carbons (Fsp3) is 0.833. The molecule has 1 aliphatic heterocycles. The van der Waals surface area contributed by atoms with Gasteiger partial charge in [0.1, 0.15) is 0 Å². The van der Waals surface area contributed by atoms with Crippen molar-refractivity contribution in [3.8, 4) is 0 Å². The van der Waals surface area contributed by atoms with Gasteiger partial charge in [-0.05, 0) is 19.8 Å². The second-order valence-corrected chi connectivity index (χ2v) is 4.69. The predicted molar refractivity (Wildman–Crippen MR) is 66.3 cm³/mol. The summed E-state index contributed by atoms with van der Waals surface area (Å²) >= 11 is 0. The Morgan fingerprint density at radius 2 is 2.06 bits per heavy atom. The molecule has 0 aliphatic carbocycles. The minimum atomic E-state index is -0.0165. The zero-order valence-electron chi connectivity index (χ0n) is 11.0. The van der Waals surface area contributed by atoms with Crippen LogP contribution in [0, 0.1) is 5.92 Å². The maximum Gasteiger partial charge on any atom is 0.242 e. The molecule has 1 rings (SSSR count). The molecular weight excluding hydrogens is 218 g/mol. The number of carbonyl (C=O) groups excluding carboxylic acids is 2. The smallest absolute Gasteiger partial charge is 0.242 e. The molecule has 98 valence electrons. The lowest BCUT2D eigenvalue weighted by molar-refractivity contribution is -0.143. The van der Waals surface area contributed by atoms with E-state index in [1.165, 1.54) is 0 Å². The molecule has 17 heavy (non-hydrogen) atoms. The molecule has 1 saturated heterocycles. The molecule has 2 amide bonds. The Labute approximate surface area is 103 Å². The summed E-state index contributed by atoms with van der Waals surface area (Å²) in [5, 5.41) is 0. The van der Waals surface area contributed by atoms with E-state index in [1.807, 2.05) is 20.8 Å². The van der Waals surface area contributed by atoms with Crippen LogP contribution in [0.2, 0.25) is 0 Å². The van der Waals surface area contributed by atoms with E-state index in [4.69, 9.17) is 5.73 Å². The van der Waals surface area contributed by atoms with Crippen molar-refractivity contribution >= 4 is 11.8 Å². The van der Waals surface area contributed by atoms with Crippen LogP contribution in [0.4, 0.5) is 0 Å². The SMILES string of the molecule is CCN(CC)C(=O)CN1CC(N)C(C)CC1=O. The number of hydrogen-bond acceptors (Lipinski definition) is 3. The van der Waals surface area contributed by atoms with Crippen LogP contribution in [0.1, 0.15) is 27.2 Å². The highest BCUT2D eigenvalue weighted by Gasteiger charge is 2.30. The van der Waals surface area contributed by atoms with Crippen molar-refractivity contribution in [3.05, 3.63) is 0 Å². The Morgan fingerprint density at radius 1 is 1.47 bits per heavy atom. The maximum atomic E-state index is 11.9. The molecule has 2 atom stereocenters. The van der Waals surface area contributed by atoms with Crippen LogP contribution in [0.25, 0.3) is 0 Å². The fourth-order valence-corrected chi connectivity index (χ4v) is 2.08. The van der Waals surface area contributed by atoms with Gasteiger partial charge in [-0.15, -0.1) is 0 Å². The van der Waals surface area contributed by atoms with Gasteiger partial charge in [0.05, 0.1) is 6.54 Å². The van der Waals surface area contributed by atoms with Crippen LogP contribution in [0.3, 0.4) is 0 Å². The highest BCUT2D eigenvalue weighted by molar-refractivity contribution is 5.85. The highest BCUT2D eigenvalue weighted by Crippen LogP contribution is 2.16. The Balaban J connectivity index is 2.56. The van der Waals surface area contributed by atoms with Gasteiger partial charge in [-0.3, -0.25) is 9.59 Å². The van der Waals surface area contributed by atoms with Crippen molar-refractivity contribution in [2.45, 2.75) is 33.2 Å². The molecule has 2 N–H and O–H groups in total. The van der Waals surface area contributed by atoms with E-state index in [0.29, 0.717) is 26.1 Å². The quantitative estimate of drug-likeness (QED) is 0.756. The number of amides is 2. The van der Waals surface area contributed by atoms with Gasteiger partial charge >= 0.3 is 0 Å². The third-order valence-electron chi connectivity index (χ3n) is 3.45. The third kappa shape index (κ3) is 3.43. The van der Waals surface area contributed by atoms with E-state index >= 15 is 0 Å². The van der Waals surface area contributed by atoms with Crippen molar-refractivity contribution in [1.29, 1.82) is 0 Å². The molecule has 2 unspecified atom stereocenters. The van der Waals surface area contributed by atoms with Crippen molar-refractivity contribution in [2.24, 2.45) is 11.7 Å². The molecule has 1 heterocycles. The van der Waals surface area contributed by atoms with Crippen LogP contribution in [-0.2, 0) is 9.59 Å². The normalized spacial score (nSPS) is 24.9. The van der Waals surface area contributed by atoms with Gasteiger partial charge in [0.25, 0.3) is 0 Å². The largest absolute Gasteiger partial charge is 0.342 e. The fourth-order valence-electron chi connectivity index (χ4n) is 2.08. The molecule has 5 nitrogen and oxygen atoms in total. The lowest BCUT2D eigenvalue weighted by Crippen LogP contribution is -2.53. The van der Waals surface area contributed by atoms with E-state index in [2.05, 4.69) is 0 Å². The molecule has 0 radical (unpaired) electrons. The third-order valence-corrected chi connectivity index (χ3v) is 3.45. The van der Waals surface area contributed by atoms with E-state index < -0.39 is 0 Å². The molecule has 0 spiro atoms. The van der Waals surface area contributed by atoms with Gasteiger partial charge in [0.15, 0.2) is 0 Å². The van der Waals surface area contributed by atoms with Gasteiger partial charge < -0.3 is 15.5 Å². The number of likely N-dealkylation sites (tertiary alicyclic amines) is 1. The summed E-state index contributed by atoms with van der Waals surface area (Å²) in [5.74, 6) is 0.257. The Bertz CT molecular complexity index is 289. The summed E-state index contributed by atoms with van der Waals surface area (Å²) in [7, 11) is 0. The minimum Gasteiger partial charge on any atom is -0.342 e. The number of carbonyl (C=O) groups is 2. The number of nitrogens with two attached hydrogens (primary N) is 1. The molecule has 1 aliphatic rings. The Kier molecular flexibility index (Phi) is 4.93. The van der Waals surface area contributed by atoms with E-state index in [-0.39, 0.29) is 30.3 Å². The first-order chi connectivity index (χ1) is 7.99. The summed E-state index contributed by atoms with van der Waals surface area (Å²) < 4.78 is 0. The lowest BCUT2D eigenvalue weighted by Gasteiger charge is -2.35. The first-order valence-corrected chi connectivity index (χ1v) is 6.30. The number of hydrogen-bond donors (Lipinski definition) is 1. The highest BCUT2D eigenvalue weighted by atomic mass is 16.2. The zero-order chi connectivity index (χ0) is 13.0. The molecule has 5 heteroatoms. The van der Waals surface area contributed by atoms with Crippen LogP contribution in [0.5, 0.6) is 0 Å². The standard InChI is InChI=1S/C12H23N3O2/c1-4-14(5-2)12(17)8-15-7-10(13)9(3)6-11(15)16/h9-10H,4-8,13H2,1-3H3. The number of nitrogens with zero attached hydrogens (tertiary/aromatic N) is 2. The average molecular weight is 241 g/mol.